The number of hydrazine groups is 1. The van der Waals surface area contributed by atoms with Gasteiger partial charge in [0, 0.05) is 0 Å². The Morgan fingerprint density at radius 1 is 1.28 bits per heavy atom. The van der Waals surface area contributed by atoms with Crippen LogP contribution >= 0.6 is 0 Å². The van der Waals surface area contributed by atoms with E-state index in [-0.39, 0.29) is 0 Å². The predicted octanol–water partition coefficient (Wildman–Crippen LogP) is 1.92. The molecule has 0 heterocycles. The Bertz CT molecular complexity index is 411. The highest BCUT2D eigenvalue weighted by Crippen LogP contribution is 2.27. The monoisotopic (exact) mass is 267 g/mol. The molecule has 0 atom stereocenters. The van der Waals surface area contributed by atoms with E-state index in [9.17, 15) is 22.4 Å². The number of carbonyl (C=O) groups is 1. The summed E-state index contributed by atoms with van der Waals surface area (Å²) in [5.41, 5.74) is 9.44. The molecule has 4 N–H and O–H groups in total. The minimum atomic E-state index is -4.56. The van der Waals surface area contributed by atoms with Crippen molar-refractivity contribution < 1.29 is 27.1 Å². The second-order valence-electron chi connectivity index (χ2n) is 3.10. The van der Waals surface area contributed by atoms with Gasteiger partial charge in [0.05, 0.1) is 5.69 Å². The summed E-state index contributed by atoms with van der Waals surface area (Å²) in [6, 6.07) is 3.67. The number of rotatable bonds is 5. The average molecular weight is 267 g/mol. The molecule has 5 nitrogen and oxygen atoms in total. The fraction of sp³-hybridized carbons (Fsp3) is 0.222. The summed E-state index contributed by atoms with van der Waals surface area (Å²) in [7, 11) is 0. The molecular formula is C9H9F4N3O2. The molecule has 0 spiro atoms. The van der Waals surface area contributed by atoms with Crippen LogP contribution in [-0.2, 0) is 0 Å². The van der Waals surface area contributed by atoms with Crippen molar-refractivity contribution in [1.82, 2.24) is 5.43 Å². The zero-order valence-corrected chi connectivity index (χ0v) is 8.79. The second kappa shape index (κ2) is 5.43. The smallest absolute Gasteiger partial charge is 0.428 e. The fourth-order valence-electron chi connectivity index (χ4n) is 0.942. The number of amides is 2. The van der Waals surface area contributed by atoms with Crippen LogP contribution in [0.2, 0.25) is 0 Å². The summed E-state index contributed by atoms with van der Waals surface area (Å²) in [6.07, 6.45) is -8.48. The molecule has 0 radical (unpaired) electrons. The fourth-order valence-corrected chi connectivity index (χ4v) is 0.942. The van der Waals surface area contributed by atoms with Crippen LogP contribution in [-0.4, -0.2) is 18.6 Å². The number of urea groups is 1. The maximum absolute atomic E-state index is 12.5. The van der Waals surface area contributed by atoms with Crippen molar-refractivity contribution in [2.45, 2.75) is 12.5 Å². The molecule has 100 valence electrons. The quantitative estimate of drug-likeness (QED) is 0.563. The summed E-state index contributed by atoms with van der Waals surface area (Å²) < 4.78 is 52.5. The third-order valence-corrected chi connectivity index (χ3v) is 1.69. The maximum Gasteiger partial charge on any atom is 0.461 e. The molecule has 9 heteroatoms. The number of anilines is 1. The van der Waals surface area contributed by atoms with E-state index in [0.717, 1.165) is 12.1 Å². The Labute approximate surface area is 98.9 Å². The van der Waals surface area contributed by atoms with Crippen LogP contribution in [0.5, 0.6) is 5.75 Å². The molecule has 0 fully saturated rings. The van der Waals surface area contributed by atoms with Crippen LogP contribution in [0.4, 0.5) is 28.0 Å². The number of hydrogen-bond donors (Lipinski definition) is 3. The van der Waals surface area contributed by atoms with Gasteiger partial charge in [0.25, 0.3) is 0 Å². The normalized spacial score (nSPS) is 11.2. The highest BCUT2D eigenvalue weighted by molar-refractivity contribution is 5.73. The molecule has 0 aromatic heterocycles. The zero-order chi connectivity index (χ0) is 13.8. The second-order valence-corrected chi connectivity index (χ2v) is 3.10. The van der Waals surface area contributed by atoms with Gasteiger partial charge in [-0.05, 0) is 24.3 Å². The van der Waals surface area contributed by atoms with Crippen molar-refractivity contribution >= 4 is 11.7 Å². The highest BCUT2D eigenvalue weighted by Gasteiger charge is 2.43. The van der Waals surface area contributed by atoms with Gasteiger partial charge in [-0.3, -0.25) is 10.9 Å². The third kappa shape index (κ3) is 4.00. The Morgan fingerprint density at radius 2 is 1.83 bits per heavy atom. The first-order valence-electron chi connectivity index (χ1n) is 4.58. The van der Waals surface area contributed by atoms with Gasteiger partial charge in [0.2, 0.25) is 0 Å². The average Bonchev–Trinajstić information content (AvgIpc) is 2.27. The first kappa shape index (κ1) is 13.9. The maximum atomic E-state index is 12.5. The van der Waals surface area contributed by atoms with E-state index in [4.69, 9.17) is 5.73 Å². The number of nitrogens with two attached hydrogens (primary N) is 1. The van der Waals surface area contributed by atoms with E-state index in [1.54, 1.807) is 0 Å². The van der Waals surface area contributed by atoms with Crippen molar-refractivity contribution in [3.63, 3.8) is 0 Å². The summed E-state index contributed by atoms with van der Waals surface area (Å²) >= 11 is 0. The molecule has 0 aliphatic heterocycles. The van der Waals surface area contributed by atoms with E-state index in [0.29, 0.717) is 5.69 Å². The number of halogens is 4. The molecule has 2 amide bonds. The zero-order valence-electron chi connectivity index (χ0n) is 8.79. The minimum Gasteiger partial charge on any atom is -0.428 e. The van der Waals surface area contributed by atoms with Gasteiger partial charge in [-0.15, -0.1) is 0 Å². The summed E-state index contributed by atoms with van der Waals surface area (Å²) in [5, 5.41) is 0. The molecule has 0 aliphatic carbocycles. The van der Waals surface area contributed by atoms with Gasteiger partial charge >= 0.3 is 18.6 Å². The van der Waals surface area contributed by atoms with Crippen molar-refractivity contribution in [2.24, 2.45) is 5.73 Å². The third-order valence-electron chi connectivity index (χ3n) is 1.69. The van der Waals surface area contributed by atoms with E-state index in [1.165, 1.54) is 12.1 Å². The number of carbonyl (C=O) groups excluding carboxylic acids is 1. The topological polar surface area (TPSA) is 76.4 Å². The number of nitrogens with one attached hydrogen (secondary N) is 2. The van der Waals surface area contributed by atoms with Gasteiger partial charge < -0.3 is 10.5 Å². The molecule has 0 saturated carbocycles. The Hall–Kier alpha value is -2.19. The number of primary amides is 1. The van der Waals surface area contributed by atoms with Crippen LogP contribution < -0.4 is 21.3 Å². The van der Waals surface area contributed by atoms with Crippen LogP contribution in [0.1, 0.15) is 0 Å². The number of ether oxygens (including phenoxy) is 1. The molecule has 0 unspecified atom stereocenters. The molecule has 0 aliphatic rings. The number of hydrogen-bond acceptors (Lipinski definition) is 3. The van der Waals surface area contributed by atoms with E-state index < -0.39 is 24.3 Å². The van der Waals surface area contributed by atoms with Crippen molar-refractivity contribution in [3.8, 4) is 5.75 Å². The Kier molecular flexibility index (Phi) is 4.18. The Balaban J connectivity index is 2.63. The van der Waals surface area contributed by atoms with Gasteiger partial charge in [-0.25, -0.2) is 4.79 Å². The first-order chi connectivity index (χ1) is 8.31. The molecule has 18 heavy (non-hydrogen) atoms. The van der Waals surface area contributed by atoms with Crippen LogP contribution in [0.15, 0.2) is 24.3 Å². The van der Waals surface area contributed by atoms with Crippen LogP contribution in [0.25, 0.3) is 0 Å². The van der Waals surface area contributed by atoms with Gasteiger partial charge in [-0.1, -0.05) is 0 Å². The van der Waals surface area contributed by atoms with Crippen LogP contribution in [0.3, 0.4) is 0 Å². The summed E-state index contributed by atoms with van der Waals surface area (Å²) in [5.74, 6) is -0.440. The lowest BCUT2D eigenvalue weighted by atomic mass is 10.3. The molecule has 1 aromatic rings. The van der Waals surface area contributed by atoms with E-state index >= 15 is 0 Å². The molecule has 1 rings (SSSR count). The molecule has 0 saturated heterocycles. The SMILES string of the molecule is NC(=O)NNc1ccc(OC(F)(F)C(F)F)cc1. The summed E-state index contributed by atoms with van der Waals surface area (Å²) in [4.78, 5) is 10.3. The summed E-state index contributed by atoms with van der Waals surface area (Å²) in [6.45, 7) is 0. The minimum absolute atomic E-state index is 0.307. The van der Waals surface area contributed by atoms with Crippen molar-refractivity contribution in [2.75, 3.05) is 5.43 Å². The highest BCUT2D eigenvalue weighted by atomic mass is 19.3. The lowest BCUT2D eigenvalue weighted by Gasteiger charge is -2.17. The predicted molar refractivity (Wildman–Crippen MR) is 54.4 cm³/mol. The Morgan fingerprint density at radius 3 is 2.28 bits per heavy atom. The molecule has 1 aromatic carbocycles. The van der Waals surface area contributed by atoms with Crippen LogP contribution in [0, 0.1) is 0 Å². The van der Waals surface area contributed by atoms with Gasteiger partial charge in [0.1, 0.15) is 5.75 Å². The lowest BCUT2D eigenvalue weighted by Crippen LogP contribution is -2.34. The largest absolute Gasteiger partial charge is 0.461 e. The standard InChI is InChI=1S/C9H9F4N3O2/c10-7(11)9(12,13)18-6-3-1-5(2-4-6)15-16-8(14)17/h1-4,7,15H,(H3,14,16,17). The first-order valence-corrected chi connectivity index (χ1v) is 4.58. The lowest BCUT2D eigenvalue weighted by molar-refractivity contribution is -0.253. The molecular weight excluding hydrogens is 258 g/mol. The van der Waals surface area contributed by atoms with E-state index in [1.807, 2.05) is 5.43 Å². The van der Waals surface area contributed by atoms with Crippen molar-refractivity contribution in [3.05, 3.63) is 24.3 Å². The van der Waals surface area contributed by atoms with E-state index in [2.05, 4.69) is 10.2 Å². The van der Waals surface area contributed by atoms with Crippen molar-refractivity contribution in [1.29, 1.82) is 0 Å². The number of alkyl halides is 4. The number of benzene rings is 1. The molecule has 0 bridgehead atoms. The van der Waals surface area contributed by atoms with Gasteiger partial charge in [0.15, 0.2) is 0 Å². The van der Waals surface area contributed by atoms with Gasteiger partial charge in [-0.2, -0.15) is 17.6 Å².